The molecule has 0 radical (unpaired) electrons. The average Bonchev–Trinajstić information content (AvgIpc) is 3.54. The van der Waals surface area contributed by atoms with Crippen LogP contribution in [0.25, 0.3) is 0 Å². The first-order chi connectivity index (χ1) is 23.0. The first kappa shape index (κ1) is 34.6. The number of alkyl halides is 3. The van der Waals surface area contributed by atoms with E-state index in [1.807, 2.05) is 10.8 Å². The summed E-state index contributed by atoms with van der Waals surface area (Å²) in [5.41, 5.74) is 0.952. The number of fused-ring (bicyclic) bond motifs is 1. The molecular weight excluding hydrogens is 667 g/mol. The van der Waals surface area contributed by atoms with Crippen molar-refractivity contribution in [1.82, 2.24) is 24.9 Å². The van der Waals surface area contributed by atoms with Crippen LogP contribution < -0.4 is 16.0 Å². The number of anilines is 2. The van der Waals surface area contributed by atoms with E-state index in [0.717, 1.165) is 43.2 Å². The fourth-order valence-corrected chi connectivity index (χ4v) is 8.68. The van der Waals surface area contributed by atoms with Crippen molar-refractivity contribution in [3.05, 3.63) is 44.6 Å². The third-order valence-corrected chi connectivity index (χ3v) is 11.3. The number of hydrogen-bond acceptors (Lipinski definition) is 6. The van der Waals surface area contributed by atoms with Gasteiger partial charge in [0, 0.05) is 62.7 Å². The van der Waals surface area contributed by atoms with Gasteiger partial charge in [0.15, 0.2) is 0 Å². The lowest BCUT2D eigenvalue weighted by atomic mass is 9.97. The lowest BCUT2D eigenvalue weighted by Crippen LogP contribution is -2.57. The minimum absolute atomic E-state index is 0.0469. The SMILES string of the molecule is CNc1c(Cl)cc(C[C@@H](NC(=O)N2CCC(N3Cc4cscc4NC3=O)CC2)C(=O)N2CCC(N3CCCCC3)CC2)cc1C(F)(F)F. The van der Waals surface area contributed by atoms with Crippen molar-refractivity contribution in [2.45, 2.75) is 82.2 Å². The molecule has 262 valence electrons. The number of hydrogen-bond donors (Lipinski definition) is 3. The molecular formula is C33H43ClF3N7O3S. The molecule has 3 N–H and O–H groups in total. The molecule has 1 aromatic heterocycles. The molecule has 3 fully saturated rings. The van der Waals surface area contributed by atoms with Crippen molar-refractivity contribution < 1.29 is 27.6 Å². The lowest BCUT2D eigenvalue weighted by molar-refractivity contribution is -0.137. The zero-order valence-electron chi connectivity index (χ0n) is 27.1. The first-order valence-electron chi connectivity index (χ1n) is 16.8. The molecule has 3 saturated heterocycles. The standard InChI is InChI=1S/C33H43ClF3N7O3S/c1-38-29-25(33(35,36)37)15-21(16-26(29)34)17-27(30(45)42-11-5-23(6-12-42)41-9-3-2-4-10-41)39-31(46)43-13-7-24(8-14-43)44-18-22-19-48-20-28(22)40-32(44)47/h15-16,19-20,23-24,27,38H,2-14,17-18H2,1H3,(H,39,46)(H,40,47)/t27-/m1/s1. The van der Waals surface area contributed by atoms with E-state index in [4.69, 9.17) is 11.6 Å². The predicted molar refractivity (Wildman–Crippen MR) is 181 cm³/mol. The molecule has 0 unspecified atom stereocenters. The van der Waals surface area contributed by atoms with Crippen LogP contribution in [0.4, 0.5) is 34.1 Å². The van der Waals surface area contributed by atoms with Gasteiger partial charge in [-0.1, -0.05) is 18.0 Å². The van der Waals surface area contributed by atoms with Crippen LogP contribution in [0, 0.1) is 0 Å². The van der Waals surface area contributed by atoms with Crippen molar-refractivity contribution in [1.29, 1.82) is 0 Å². The number of amides is 5. The highest BCUT2D eigenvalue weighted by atomic mass is 35.5. The maximum absolute atomic E-state index is 14.0. The zero-order chi connectivity index (χ0) is 34.0. The van der Waals surface area contributed by atoms with Crippen LogP contribution >= 0.6 is 22.9 Å². The summed E-state index contributed by atoms with van der Waals surface area (Å²) in [4.78, 5) is 48.1. The van der Waals surface area contributed by atoms with Gasteiger partial charge in [0.2, 0.25) is 5.91 Å². The molecule has 0 saturated carbocycles. The number of carbonyl (C=O) groups is 3. The summed E-state index contributed by atoms with van der Waals surface area (Å²) < 4.78 is 42.0. The Morgan fingerprint density at radius 3 is 2.31 bits per heavy atom. The summed E-state index contributed by atoms with van der Waals surface area (Å²) >= 11 is 7.83. The van der Waals surface area contributed by atoms with Crippen LogP contribution in [0.5, 0.6) is 0 Å². The maximum atomic E-state index is 14.0. The minimum Gasteiger partial charge on any atom is -0.386 e. The Hall–Kier alpha value is -3.23. The second-order valence-corrected chi connectivity index (χ2v) is 14.3. The molecule has 2 aromatic rings. The number of urea groups is 2. The smallest absolute Gasteiger partial charge is 0.386 e. The van der Waals surface area contributed by atoms with Crippen molar-refractivity contribution in [3.63, 3.8) is 0 Å². The number of nitrogens with zero attached hydrogens (tertiary/aromatic N) is 4. The molecule has 0 spiro atoms. The number of nitrogens with one attached hydrogen (secondary N) is 3. The van der Waals surface area contributed by atoms with Crippen molar-refractivity contribution in [2.75, 3.05) is 56.9 Å². The monoisotopic (exact) mass is 709 g/mol. The molecule has 0 aliphatic carbocycles. The Kier molecular flexibility index (Phi) is 10.6. The fourth-order valence-electron chi connectivity index (χ4n) is 7.56. The Bertz CT molecular complexity index is 1490. The van der Waals surface area contributed by atoms with Gasteiger partial charge in [-0.2, -0.15) is 13.2 Å². The van der Waals surface area contributed by atoms with E-state index in [9.17, 15) is 27.6 Å². The van der Waals surface area contributed by atoms with E-state index in [0.29, 0.717) is 51.6 Å². The summed E-state index contributed by atoms with van der Waals surface area (Å²) in [6.45, 7) is 4.44. The maximum Gasteiger partial charge on any atom is 0.418 e. The van der Waals surface area contributed by atoms with Gasteiger partial charge in [-0.15, -0.1) is 11.3 Å². The average molecular weight is 710 g/mol. The molecule has 1 atom stereocenters. The largest absolute Gasteiger partial charge is 0.418 e. The lowest BCUT2D eigenvalue weighted by Gasteiger charge is -2.41. The van der Waals surface area contributed by atoms with Gasteiger partial charge in [-0.25, -0.2) is 9.59 Å². The molecule has 1 aromatic carbocycles. The Labute approximate surface area is 287 Å². The number of likely N-dealkylation sites (tertiary alicyclic amines) is 3. The van der Waals surface area contributed by atoms with E-state index in [1.165, 1.54) is 43.7 Å². The Morgan fingerprint density at radius 1 is 0.979 bits per heavy atom. The van der Waals surface area contributed by atoms with Crippen molar-refractivity contribution in [3.8, 4) is 0 Å². The van der Waals surface area contributed by atoms with E-state index < -0.39 is 23.8 Å². The van der Waals surface area contributed by atoms with Crippen molar-refractivity contribution in [2.24, 2.45) is 0 Å². The Balaban J connectivity index is 1.14. The molecule has 10 nitrogen and oxygen atoms in total. The molecule has 0 bridgehead atoms. The topological polar surface area (TPSA) is 100 Å². The predicted octanol–water partition coefficient (Wildman–Crippen LogP) is 6.07. The highest BCUT2D eigenvalue weighted by molar-refractivity contribution is 7.08. The summed E-state index contributed by atoms with van der Waals surface area (Å²) in [5, 5.41) is 12.2. The van der Waals surface area contributed by atoms with Crippen molar-refractivity contribution >= 4 is 52.3 Å². The summed E-state index contributed by atoms with van der Waals surface area (Å²) in [6.07, 6.45) is 1.56. The van der Waals surface area contributed by atoms with E-state index in [2.05, 4.69) is 20.9 Å². The summed E-state index contributed by atoms with van der Waals surface area (Å²) in [6, 6.07) is 1.09. The molecule has 6 rings (SSSR count). The molecule has 4 aliphatic rings. The number of piperidine rings is 3. The van der Waals surface area contributed by atoms with Crippen LogP contribution in [-0.2, 0) is 23.9 Å². The van der Waals surface area contributed by atoms with Crippen LogP contribution in [0.1, 0.15) is 61.6 Å². The van der Waals surface area contributed by atoms with E-state index >= 15 is 0 Å². The second kappa shape index (κ2) is 14.7. The number of carbonyl (C=O) groups excluding carboxylic acids is 3. The normalized spacial score (nSPS) is 20.7. The highest BCUT2D eigenvalue weighted by Gasteiger charge is 2.38. The quantitative estimate of drug-likeness (QED) is 0.324. The third kappa shape index (κ3) is 7.65. The van der Waals surface area contributed by atoms with Gasteiger partial charge < -0.3 is 35.6 Å². The molecule has 5 amide bonds. The number of rotatable bonds is 7. The van der Waals surface area contributed by atoms with Gasteiger partial charge in [0.05, 0.1) is 28.5 Å². The van der Waals surface area contributed by atoms with Gasteiger partial charge in [-0.3, -0.25) is 4.79 Å². The fraction of sp³-hybridized carbons (Fsp3) is 0.606. The van der Waals surface area contributed by atoms with Crippen LogP contribution in [0.3, 0.4) is 0 Å². The second-order valence-electron chi connectivity index (χ2n) is 13.2. The third-order valence-electron chi connectivity index (χ3n) is 10.2. The van der Waals surface area contributed by atoms with Gasteiger partial charge in [0.1, 0.15) is 6.04 Å². The van der Waals surface area contributed by atoms with Crippen LogP contribution in [-0.4, -0.2) is 102 Å². The highest BCUT2D eigenvalue weighted by Crippen LogP contribution is 2.40. The van der Waals surface area contributed by atoms with Crippen LogP contribution in [0.15, 0.2) is 22.9 Å². The Morgan fingerprint density at radius 2 is 1.65 bits per heavy atom. The van der Waals surface area contributed by atoms with Gasteiger partial charge >= 0.3 is 18.2 Å². The van der Waals surface area contributed by atoms with E-state index in [-0.39, 0.29) is 40.7 Å². The number of halogens is 4. The number of thiophene rings is 1. The summed E-state index contributed by atoms with van der Waals surface area (Å²) in [5.74, 6) is -0.311. The first-order valence-corrected chi connectivity index (χ1v) is 18.1. The molecule has 15 heteroatoms. The van der Waals surface area contributed by atoms with E-state index in [1.54, 1.807) is 14.7 Å². The molecule has 4 aliphatic heterocycles. The summed E-state index contributed by atoms with van der Waals surface area (Å²) in [7, 11) is 1.37. The molecule has 5 heterocycles. The van der Waals surface area contributed by atoms with Crippen LogP contribution in [0.2, 0.25) is 5.02 Å². The zero-order valence-corrected chi connectivity index (χ0v) is 28.7. The minimum atomic E-state index is -4.67. The van der Waals surface area contributed by atoms with Gasteiger partial charge in [-0.05, 0) is 74.7 Å². The molecule has 48 heavy (non-hydrogen) atoms. The number of benzene rings is 1. The van der Waals surface area contributed by atoms with Gasteiger partial charge in [0.25, 0.3) is 0 Å².